The normalized spacial score (nSPS) is 42.7. The number of aryl methyl sites for hydroxylation is 1. The van der Waals surface area contributed by atoms with Crippen molar-refractivity contribution in [2.24, 2.45) is 46.3 Å². The molecule has 4 aliphatic carbocycles. The molecule has 1 amide bonds. The summed E-state index contributed by atoms with van der Waals surface area (Å²) < 4.78 is 14.9. The lowest BCUT2D eigenvalue weighted by Crippen LogP contribution is -2.58. The van der Waals surface area contributed by atoms with Gasteiger partial charge in [0, 0.05) is 13.0 Å². The Morgan fingerprint density at radius 3 is 2.61 bits per heavy atom. The number of fused-ring (bicyclic) bond motifs is 6. The van der Waals surface area contributed by atoms with Crippen LogP contribution >= 0.6 is 0 Å². The average Bonchev–Trinajstić information content (AvgIpc) is 3.47. The summed E-state index contributed by atoms with van der Waals surface area (Å²) in [5.41, 5.74) is 2.53. The van der Waals surface area contributed by atoms with Crippen LogP contribution in [0.1, 0.15) is 96.1 Å². The van der Waals surface area contributed by atoms with Gasteiger partial charge in [-0.25, -0.2) is 4.39 Å². The molecule has 0 unspecified atom stereocenters. The lowest BCUT2D eigenvalue weighted by Gasteiger charge is -2.62. The summed E-state index contributed by atoms with van der Waals surface area (Å²) >= 11 is 0. The van der Waals surface area contributed by atoms with Crippen LogP contribution in [0, 0.1) is 59.1 Å². The summed E-state index contributed by atoms with van der Waals surface area (Å²) in [6.45, 7) is 9.65. The van der Waals surface area contributed by atoms with Gasteiger partial charge in [-0.3, -0.25) is 4.79 Å². The minimum absolute atomic E-state index is 0.0599. The summed E-state index contributed by atoms with van der Waals surface area (Å²) in [5, 5.41) is 21.8. The number of hydrogen-bond donors (Lipinski definition) is 2. The third kappa shape index (κ3) is 4.00. The summed E-state index contributed by atoms with van der Waals surface area (Å²) in [5.74, 6) is 2.75. The van der Waals surface area contributed by atoms with Crippen LogP contribution < -0.4 is 4.90 Å². The van der Waals surface area contributed by atoms with Gasteiger partial charge in [0.05, 0.1) is 17.9 Å². The first kappa shape index (κ1) is 26.7. The maximum absolute atomic E-state index is 14.9. The highest BCUT2D eigenvalue weighted by Gasteiger charge is 2.62. The van der Waals surface area contributed by atoms with E-state index in [2.05, 4.69) is 20.8 Å². The molecule has 1 aromatic rings. The van der Waals surface area contributed by atoms with E-state index in [9.17, 15) is 19.4 Å². The van der Waals surface area contributed by atoms with Crippen molar-refractivity contribution >= 4 is 11.6 Å². The molecule has 1 aliphatic heterocycles. The van der Waals surface area contributed by atoms with Crippen LogP contribution in [0.3, 0.4) is 0 Å². The lowest BCUT2D eigenvalue weighted by atomic mass is 9.43. The van der Waals surface area contributed by atoms with Crippen LogP contribution in [0.5, 0.6) is 0 Å². The summed E-state index contributed by atoms with van der Waals surface area (Å²) in [6.07, 6.45) is 10.1. The lowest BCUT2D eigenvalue weighted by molar-refractivity contribution is -0.174. The molecule has 0 spiro atoms. The molecule has 38 heavy (non-hydrogen) atoms. The van der Waals surface area contributed by atoms with Crippen LogP contribution in [-0.2, 0) is 11.2 Å². The smallest absolute Gasteiger partial charge is 0.227 e. The van der Waals surface area contributed by atoms with Crippen LogP contribution in [0.25, 0.3) is 0 Å². The van der Waals surface area contributed by atoms with Crippen molar-refractivity contribution in [2.75, 3.05) is 11.4 Å². The summed E-state index contributed by atoms with van der Waals surface area (Å²) in [6, 6.07) is 3.79. The summed E-state index contributed by atoms with van der Waals surface area (Å²) in [7, 11) is 0. The van der Waals surface area contributed by atoms with E-state index in [1.807, 2.05) is 12.1 Å². The fourth-order valence-corrected chi connectivity index (χ4v) is 10.7. The average molecular weight is 526 g/mol. The molecule has 210 valence electrons. The fourth-order valence-electron chi connectivity index (χ4n) is 10.7. The minimum Gasteiger partial charge on any atom is -0.393 e. The molecule has 5 heteroatoms. The maximum Gasteiger partial charge on any atom is 0.227 e. The molecular formula is C33H48FNO3. The highest BCUT2D eigenvalue weighted by molar-refractivity contribution is 5.95. The Balaban J connectivity index is 1.14. The molecule has 6 rings (SSSR count). The van der Waals surface area contributed by atoms with Crippen molar-refractivity contribution in [1.82, 2.24) is 0 Å². The van der Waals surface area contributed by atoms with Crippen LogP contribution in [0.15, 0.2) is 12.1 Å². The van der Waals surface area contributed by atoms with Gasteiger partial charge in [0.25, 0.3) is 0 Å². The topological polar surface area (TPSA) is 60.8 Å². The van der Waals surface area contributed by atoms with Crippen molar-refractivity contribution < 1.29 is 19.4 Å². The van der Waals surface area contributed by atoms with Crippen molar-refractivity contribution in [3.05, 3.63) is 29.1 Å². The minimum atomic E-state index is -0.253. The highest BCUT2D eigenvalue weighted by Crippen LogP contribution is 2.68. The van der Waals surface area contributed by atoms with E-state index >= 15 is 0 Å². The highest BCUT2D eigenvalue weighted by atomic mass is 19.1. The third-order valence-electron chi connectivity index (χ3n) is 12.8. The molecule has 4 fully saturated rings. The molecule has 1 aromatic carbocycles. The Morgan fingerprint density at radius 1 is 1.08 bits per heavy atom. The van der Waals surface area contributed by atoms with Gasteiger partial charge < -0.3 is 15.1 Å². The van der Waals surface area contributed by atoms with E-state index in [1.54, 1.807) is 11.8 Å². The van der Waals surface area contributed by atoms with Crippen LogP contribution in [0.2, 0.25) is 0 Å². The number of aliphatic hydroxyl groups excluding tert-OH is 2. The van der Waals surface area contributed by atoms with E-state index in [1.165, 1.54) is 25.7 Å². The zero-order valence-electron chi connectivity index (χ0n) is 23.9. The van der Waals surface area contributed by atoms with Gasteiger partial charge in [-0.15, -0.1) is 0 Å². The van der Waals surface area contributed by atoms with Crippen LogP contribution in [0.4, 0.5) is 10.1 Å². The van der Waals surface area contributed by atoms with E-state index in [-0.39, 0.29) is 34.8 Å². The standard InChI is InChI=1S/C33H48FNO3/c1-19(6-10-28(38)35-16-13-21-7-5-20(2)30(34)31(21)35)24-8-9-25-29-26(12-15-33(24,25)4)32(3)14-11-23(36)17-22(32)18-27(29)37/h5,7,19,22-27,29,36-37H,6,8-18H2,1-4H3/t19-,22+,23-,24-,25+,26+,27-,29+,32+,33-/m1/s1. The molecule has 0 radical (unpaired) electrons. The first-order valence-corrected chi connectivity index (χ1v) is 15.5. The molecule has 2 N–H and O–H groups in total. The number of carbonyl (C=O) groups excluding carboxylic acids is 1. The number of halogens is 1. The van der Waals surface area contributed by atoms with Crippen molar-refractivity contribution in [1.29, 1.82) is 0 Å². The van der Waals surface area contributed by atoms with Gasteiger partial charge in [-0.2, -0.15) is 0 Å². The molecule has 4 nitrogen and oxygen atoms in total. The quantitative estimate of drug-likeness (QED) is 0.476. The molecule has 10 atom stereocenters. The number of amides is 1. The Hall–Kier alpha value is -1.46. The van der Waals surface area contributed by atoms with Gasteiger partial charge in [-0.05, 0) is 129 Å². The Morgan fingerprint density at radius 2 is 1.82 bits per heavy atom. The van der Waals surface area contributed by atoms with Crippen LogP contribution in [-0.4, -0.2) is 34.9 Å². The summed E-state index contributed by atoms with van der Waals surface area (Å²) in [4.78, 5) is 15.0. The van der Waals surface area contributed by atoms with Gasteiger partial charge >= 0.3 is 0 Å². The second-order valence-electron chi connectivity index (χ2n) is 14.5. The number of rotatable bonds is 4. The molecule has 0 bridgehead atoms. The van der Waals surface area contributed by atoms with Gasteiger partial charge in [-0.1, -0.05) is 32.9 Å². The van der Waals surface area contributed by atoms with E-state index in [0.29, 0.717) is 59.7 Å². The monoisotopic (exact) mass is 525 g/mol. The molecule has 1 heterocycles. The number of carbonyl (C=O) groups is 1. The number of hydrogen-bond acceptors (Lipinski definition) is 3. The predicted molar refractivity (Wildman–Crippen MR) is 148 cm³/mol. The molecule has 0 saturated heterocycles. The number of nitrogens with zero attached hydrogens (tertiary/aromatic N) is 1. The van der Waals surface area contributed by atoms with Crippen molar-refractivity contribution in [3.63, 3.8) is 0 Å². The van der Waals surface area contributed by atoms with E-state index < -0.39 is 0 Å². The molecule has 5 aliphatic rings. The molecule has 4 saturated carbocycles. The molecule has 0 aromatic heterocycles. The Bertz CT molecular complexity index is 1090. The van der Waals surface area contributed by atoms with Gasteiger partial charge in [0.1, 0.15) is 5.82 Å². The van der Waals surface area contributed by atoms with E-state index in [0.717, 1.165) is 44.1 Å². The van der Waals surface area contributed by atoms with E-state index in [4.69, 9.17) is 0 Å². The van der Waals surface area contributed by atoms with Gasteiger partial charge in [0.2, 0.25) is 5.91 Å². The number of benzene rings is 1. The fraction of sp³-hybridized carbons (Fsp3) is 0.788. The van der Waals surface area contributed by atoms with Gasteiger partial charge in [0.15, 0.2) is 0 Å². The maximum atomic E-state index is 14.9. The number of aliphatic hydroxyl groups is 2. The molecular weight excluding hydrogens is 477 g/mol. The zero-order chi connectivity index (χ0) is 27.0. The second kappa shape index (κ2) is 9.58. The first-order chi connectivity index (χ1) is 18.0. The Labute approximate surface area is 228 Å². The second-order valence-corrected chi connectivity index (χ2v) is 14.5. The largest absolute Gasteiger partial charge is 0.393 e. The third-order valence-corrected chi connectivity index (χ3v) is 12.8. The number of anilines is 1. The SMILES string of the molecule is Cc1ccc2c(c1F)N(C(=O)CC[C@@H](C)[C@H]1CC[C@H]3[C@@H]4[C@H](O)C[C@@H]5C[C@H](O)CC[C@]5(C)[C@H]4CC[C@]13C)CC2. The van der Waals surface area contributed by atoms with Crippen molar-refractivity contribution in [2.45, 2.75) is 111 Å². The predicted octanol–water partition coefficient (Wildman–Crippen LogP) is 6.43. The van der Waals surface area contributed by atoms with Crippen molar-refractivity contribution in [3.8, 4) is 0 Å². The first-order valence-electron chi connectivity index (χ1n) is 15.5. The Kier molecular flexibility index (Phi) is 6.74. The zero-order valence-corrected chi connectivity index (χ0v) is 23.9.